The van der Waals surface area contributed by atoms with Crippen molar-refractivity contribution in [2.75, 3.05) is 11.5 Å². The van der Waals surface area contributed by atoms with Crippen molar-refractivity contribution in [3.8, 4) is 0 Å². The monoisotopic (exact) mass is 352 g/mol. The molecule has 2 aliphatic carbocycles. The Morgan fingerprint density at radius 2 is 1.11 bits per heavy atom. The van der Waals surface area contributed by atoms with E-state index in [-0.39, 0.29) is 0 Å². The fraction of sp³-hybridized carbons (Fsp3) is 0.217. The first-order valence-electron chi connectivity index (χ1n) is 9.54. The van der Waals surface area contributed by atoms with E-state index in [1.807, 2.05) is 36.4 Å². The summed E-state index contributed by atoms with van der Waals surface area (Å²) in [7, 11) is 0. The Labute approximate surface area is 157 Å². The number of anilines is 2. The van der Waals surface area contributed by atoms with Crippen LogP contribution in [0.5, 0.6) is 0 Å². The summed E-state index contributed by atoms with van der Waals surface area (Å²) in [5.41, 5.74) is 21.8. The lowest BCUT2D eigenvalue weighted by Gasteiger charge is -2.38. The lowest BCUT2D eigenvalue weighted by Crippen LogP contribution is -2.28. The number of nitrogens with two attached hydrogens (primary N) is 2. The molecule has 0 unspecified atom stereocenters. The van der Waals surface area contributed by atoms with Crippen LogP contribution in [0.3, 0.4) is 0 Å². The summed E-state index contributed by atoms with van der Waals surface area (Å²) in [6.45, 7) is 0. The van der Waals surface area contributed by atoms with Crippen molar-refractivity contribution < 1.29 is 0 Å². The number of pyridine rings is 2. The first-order chi connectivity index (χ1) is 13.2. The second-order valence-electron chi connectivity index (χ2n) is 7.84. The van der Waals surface area contributed by atoms with E-state index in [0.29, 0.717) is 11.8 Å². The molecule has 4 aromatic rings. The first kappa shape index (κ1) is 15.0. The summed E-state index contributed by atoms with van der Waals surface area (Å²) >= 11 is 0. The molecule has 6 rings (SSSR count). The maximum absolute atomic E-state index is 6.63. The Morgan fingerprint density at radius 1 is 0.667 bits per heavy atom. The molecule has 0 aliphatic heterocycles. The third-order valence-electron chi connectivity index (χ3n) is 6.37. The van der Waals surface area contributed by atoms with Crippen LogP contribution in [-0.2, 0) is 12.8 Å². The highest BCUT2D eigenvalue weighted by Crippen LogP contribution is 2.51. The van der Waals surface area contributed by atoms with Gasteiger partial charge in [-0.05, 0) is 43.2 Å². The Hall–Kier alpha value is -3.14. The molecule has 0 saturated heterocycles. The molecule has 4 N–H and O–H groups in total. The summed E-state index contributed by atoms with van der Waals surface area (Å²) in [4.78, 5) is 9.97. The Morgan fingerprint density at radius 3 is 1.59 bits per heavy atom. The van der Waals surface area contributed by atoms with Crippen molar-refractivity contribution in [1.82, 2.24) is 9.97 Å². The Kier molecular flexibility index (Phi) is 2.88. The molecule has 2 atom stereocenters. The van der Waals surface area contributed by atoms with E-state index in [4.69, 9.17) is 21.4 Å². The van der Waals surface area contributed by atoms with Crippen LogP contribution in [0.4, 0.5) is 11.4 Å². The minimum atomic E-state index is 0.372. The predicted molar refractivity (Wildman–Crippen MR) is 110 cm³/mol. The molecule has 0 radical (unpaired) electrons. The van der Waals surface area contributed by atoms with Crippen molar-refractivity contribution >= 4 is 33.2 Å². The van der Waals surface area contributed by atoms with Gasteiger partial charge in [0.15, 0.2) is 0 Å². The van der Waals surface area contributed by atoms with Gasteiger partial charge in [-0.2, -0.15) is 0 Å². The molecule has 0 fully saturated rings. The van der Waals surface area contributed by atoms with E-state index < -0.39 is 0 Å². The maximum atomic E-state index is 6.63. The SMILES string of the molecule is Nc1c2c(nc3ccccc13)C[C@H]1C[C@@H]2Cc2nc3ccccc3c(N)c21. The third-order valence-corrected chi connectivity index (χ3v) is 6.37. The molecular weight excluding hydrogens is 332 g/mol. The molecule has 4 nitrogen and oxygen atoms in total. The highest BCUT2D eigenvalue weighted by Gasteiger charge is 2.38. The largest absolute Gasteiger partial charge is 0.398 e. The van der Waals surface area contributed by atoms with Crippen LogP contribution in [0, 0.1) is 0 Å². The number of nitrogen functional groups attached to an aromatic ring is 2. The van der Waals surface area contributed by atoms with Gasteiger partial charge < -0.3 is 11.5 Å². The maximum Gasteiger partial charge on any atom is 0.0726 e. The van der Waals surface area contributed by atoms with Crippen LogP contribution in [0.15, 0.2) is 48.5 Å². The Bertz CT molecular complexity index is 1150. The number of hydrogen-bond donors (Lipinski definition) is 2. The molecule has 0 saturated carbocycles. The second kappa shape index (κ2) is 5.19. The molecule has 2 aromatic carbocycles. The lowest BCUT2D eigenvalue weighted by atomic mass is 9.68. The minimum absolute atomic E-state index is 0.372. The minimum Gasteiger partial charge on any atom is -0.398 e. The van der Waals surface area contributed by atoms with Gasteiger partial charge in [0.2, 0.25) is 0 Å². The highest BCUT2D eigenvalue weighted by atomic mass is 14.8. The van der Waals surface area contributed by atoms with Gasteiger partial charge in [0.25, 0.3) is 0 Å². The van der Waals surface area contributed by atoms with Crippen LogP contribution in [-0.4, -0.2) is 9.97 Å². The normalized spacial score (nSPS) is 20.4. The van der Waals surface area contributed by atoms with Crippen LogP contribution in [0.2, 0.25) is 0 Å². The molecule has 2 bridgehead atoms. The van der Waals surface area contributed by atoms with Gasteiger partial charge in [0.1, 0.15) is 0 Å². The zero-order valence-electron chi connectivity index (χ0n) is 14.9. The number of nitrogens with zero attached hydrogens (tertiary/aromatic N) is 2. The van der Waals surface area contributed by atoms with Crippen molar-refractivity contribution in [1.29, 1.82) is 0 Å². The fourth-order valence-corrected chi connectivity index (χ4v) is 5.25. The topological polar surface area (TPSA) is 77.8 Å². The summed E-state index contributed by atoms with van der Waals surface area (Å²) in [5.74, 6) is 0.743. The summed E-state index contributed by atoms with van der Waals surface area (Å²) in [6, 6.07) is 16.4. The van der Waals surface area contributed by atoms with Gasteiger partial charge in [-0.15, -0.1) is 0 Å². The van der Waals surface area contributed by atoms with Crippen LogP contribution in [0.25, 0.3) is 21.8 Å². The number of fused-ring (bicyclic) bond motifs is 8. The van der Waals surface area contributed by atoms with E-state index in [1.54, 1.807) is 0 Å². The zero-order chi connectivity index (χ0) is 18.1. The number of aromatic nitrogens is 2. The van der Waals surface area contributed by atoms with Crippen LogP contribution >= 0.6 is 0 Å². The number of benzene rings is 2. The quantitative estimate of drug-likeness (QED) is 0.494. The standard InChI is InChI=1S/C23H20N4/c24-22-14-5-1-3-7-16(14)26-18-11-13-9-12(20(18)22)10-19-21(13)23(25)15-6-2-4-8-17(15)27-19/h1-8,12-13H,9-11H2,(H2,24,26)(H2,25,27)/t12-,13-/m1/s1. The summed E-state index contributed by atoms with van der Waals surface area (Å²) < 4.78 is 0. The number of rotatable bonds is 0. The van der Waals surface area contributed by atoms with E-state index >= 15 is 0 Å². The van der Waals surface area contributed by atoms with Gasteiger partial charge in [0.05, 0.1) is 11.0 Å². The van der Waals surface area contributed by atoms with E-state index in [1.165, 1.54) is 11.1 Å². The molecule has 2 heterocycles. The summed E-state index contributed by atoms with van der Waals surface area (Å²) in [6.07, 6.45) is 2.85. The van der Waals surface area contributed by atoms with E-state index in [9.17, 15) is 0 Å². The van der Waals surface area contributed by atoms with Gasteiger partial charge >= 0.3 is 0 Å². The molecule has 2 aromatic heterocycles. The van der Waals surface area contributed by atoms with Crippen molar-refractivity contribution in [3.05, 3.63) is 71.0 Å². The average molecular weight is 352 g/mol. The molecular formula is C23H20N4. The number of hydrogen-bond acceptors (Lipinski definition) is 4. The first-order valence-corrected chi connectivity index (χ1v) is 9.54. The fourth-order valence-electron chi connectivity index (χ4n) is 5.25. The third kappa shape index (κ3) is 1.98. The summed E-state index contributed by atoms with van der Waals surface area (Å²) in [5, 5.41) is 2.12. The van der Waals surface area contributed by atoms with Crippen molar-refractivity contribution in [3.63, 3.8) is 0 Å². The van der Waals surface area contributed by atoms with Crippen LogP contribution in [0.1, 0.15) is 40.8 Å². The second-order valence-corrected chi connectivity index (χ2v) is 7.84. The van der Waals surface area contributed by atoms with E-state index in [0.717, 1.165) is 63.8 Å². The average Bonchev–Trinajstić information content (AvgIpc) is 2.68. The molecule has 0 spiro atoms. The van der Waals surface area contributed by atoms with Gasteiger partial charge in [-0.1, -0.05) is 36.4 Å². The van der Waals surface area contributed by atoms with Crippen LogP contribution < -0.4 is 11.5 Å². The van der Waals surface area contributed by atoms with Gasteiger partial charge in [-0.25, -0.2) is 0 Å². The van der Waals surface area contributed by atoms with E-state index in [2.05, 4.69) is 12.1 Å². The Balaban J connectivity index is 1.59. The van der Waals surface area contributed by atoms with Gasteiger partial charge in [0, 0.05) is 44.7 Å². The molecule has 0 amide bonds. The highest BCUT2D eigenvalue weighted by molar-refractivity contribution is 5.94. The molecule has 132 valence electrons. The molecule has 27 heavy (non-hydrogen) atoms. The van der Waals surface area contributed by atoms with Crippen molar-refractivity contribution in [2.24, 2.45) is 0 Å². The smallest absolute Gasteiger partial charge is 0.0726 e. The zero-order valence-corrected chi connectivity index (χ0v) is 14.9. The van der Waals surface area contributed by atoms with Gasteiger partial charge in [-0.3, -0.25) is 9.97 Å². The predicted octanol–water partition coefficient (Wildman–Crippen LogP) is 4.32. The van der Waals surface area contributed by atoms with Crippen molar-refractivity contribution in [2.45, 2.75) is 31.1 Å². The lowest BCUT2D eigenvalue weighted by molar-refractivity contribution is 0.449. The molecule has 4 heteroatoms. The molecule has 2 aliphatic rings. The number of para-hydroxylation sites is 2.